The first-order chi connectivity index (χ1) is 4.64. The van der Waals surface area contributed by atoms with Crippen molar-refractivity contribution in [3.05, 3.63) is 0 Å². The second-order valence-corrected chi connectivity index (χ2v) is 3.04. The van der Waals surface area contributed by atoms with Crippen molar-refractivity contribution in [2.75, 3.05) is 13.2 Å². The first kappa shape index (κ1) is 8.61. The van der Waals surface area contributed by atoms with Crippen LogP contribution in [0.4, 0.5) is 8.78 Å². The maximum atomic E-state index is 12.4. The molecule has 0 amide bonds. The topological polar surface area (TPSA) is 21.3 Å². The average Bonchev–Trinajstić information content (AvgIpc) is 2.12. The summed E-state index contributed by atoms with van der Waals surface area (Å²) in [5.41, 5.74) is 0. The zero-order chi connectivity index (χ0) is 7.61. The predicted molar refractivity (Wildman–Crippen MR) is 41.3 cm³/mol. The van der Waals surface area contributed by atoms with Gasteiger partial charge in [-0.2, -0.15) is 0 Å². The second-order valence-electron chi connectivity index (χ2n) is 2.41. The quantitative estimate of drug-likeness (QED) is 0.759. The third kappa shape index (κ3) is 2.28. The van der Waals surface area contributed by atoms with E-state index in [0.29, 0.717) is 6.61 Å². The molecule has 1 N–H and O–H groups in total. The normalized spacial score (nSPS) is 30.9. The Kier molecular flexibility index (Phi) is 2.81. The molecule has 5 heteroatoms. The molecule has 1 fully saturated rings. The lowest BCUT2D eigenvalue weighted by atomic mass is 10.2. The molecule has 0 aromatic heterocycles. The lowest BCUT2D eigenvalue weighted by molar-refractivity contribution is 0.0201. The van der Waals surface area contributed by atoms with Crippen LogP contribution in [0.3, 0.4) is 0 Å². The van der Waals surface area contributed by atoms with Crippen LogP contribution >= 0.6 is 23.0 Å². The molecule has 1 saturated heterocycles. The van der Waals surface area contributed by atoms with Gasteiger partial charge < -0.3 is 8.38 Å². The van der Waals surface area contributed by atoms with Gasteiger partial charge in [0.25, 0.3) is 5.92 Å². The van der Waals surface area contributed by atoms with Crippen LogP contribution in [0, 0.1) is 0 Å². The largest absolute Gasteiger partial charge is 0.314 e. The van der Waals surface area contributed by atoms with Gasteiger partial charge >= 0.3 is 0 Å². The highest BCUT2D eigenvalue weighted by molar-refractivity contribution is 14.1. The highest BCUT2D eigenvalue weighted by Crippen LogP contribution is 2.25. The lowest BCUT2D eigenvalue weighted by Crippen LogP contribution is -2.25. The summed E-state index contributed by atoms with van der Waals surface area (Å²) in [5, 5.41) is 2.67. The maximum absolute atomic E-state index is 12.4. The molecular formula is C5H8F2INO. The molecule has 1 aliphatic heterocycles. The van der Waals surface area contributed by atoms with Gasteiger partial charge in [-0.15, -0.1) is 0 Å². The minimum Gasteiger partial charge on any atom is -0.314 e. The van der Waals surface area contributed by atoms with Crippen molar-refractivity contribution < 1.29 is 11.8 Å². The molecule has 0 spiro atoms. The summed E-state index contributed by atoms with van der Waals surface area (Å²) in [4.78, 5) is 0. The van der Waals surface area contributed by atoms with E-state index in [-0.39, 0.29) is 19.0 Å². The summed E-state index contributed by atoms with van der Waals surface area (Å²) in [6.45, 7) is 0.147. The number of hydrogen-bond donors (Lipinski definition) is 1. The van der Waals surface area contributed by atoms with E-state index >= 15 is 0 Å². The molecule has 0 aliphatic carbocycles. The fraction of sp³-hybridized carbons (Fsp3) is 1.00. The van der Waals surface area contributed by atoms with Crippen molar-refractivity contribution >= 4 is 23.0 Å². The molecule has 0 saturated carbocycles. The van der Waals surface area contributed by atoms with Crippen LogP contribution in [0.2, 0.25) is 0 Å². The van der Waals surface area contributed by atoms with Gasteiger partial charge in [0.05, 0.1) is 13.2 Å². The Morgan fingerprint density at radius 3 is 2.80 bits per heavy atom. The van der Waals surface area contributed by atoms with E-state index < -0.39 is 5.92 Å². The number of rotatable bonds is 2. The van der Waals surface area contributed by atoms with Gasteiger partial charge in [-0.25, -0.2) is 8.78 Å². The number of halogens is 3. The van der Waals surface area contributed by atoms with Crippen LogP contribution in [0.1, 0.15) is 6.42 Å². The zero-order valence-corrected chi connectivity index (χ0v) is 7.40. The van der Waals surface area contributed by atoms with E-state index in [0.717, 1.165) is 0 Å². The fourth-order valence-corrected chi connectivity index (χ4v) is 1.43. The highest BCUT2D eigenvalue weighted by Gasteiger charge is 2.38. The standard InChI is InChI=1S/C5H8F2INO/c6-5(7)1-4(2-10-8)9-3-5/h4,9H,1-3H2/t4-/m0/s1. The molecule has 1 atom stereocenters. The third-order valence-electron chi connectivity index (χ3n) is 1.46. The number of nitrogens with one attached hydrogen (secondary N) is 1. The van der Waals surface area contributed by atoms with E-state index in [1.165, 1.54) is 0 Å². The Morgan fingerprint density at radius 1 is 1.70 bits per heavy atom. The zero-order valence-electron chi connectivity index (χ0n) is 5.24. The van der Waals surface area contributed by atoms with Crippen LogP contribution in [0.25, 0.3) is 0 Å². The van der Waals surface area contributed by atoms with E-state index in [2.05, 4.69) is 5.32 Å². The monoisotopic (exact) mass is 263 g/mol. The first-order valence-corrected chi connectivity index (χ1v) is 3.87. The molecule has 1 heterocycles. The third-order valence-corrected chi connectivity index (χ3v) is 1.82. The molecule has 1 rings (SSSR count). The Morgan fingerprint density at radius 2 is 2.40 bits per heavy atom. The van der Waals surface area contributed by atoms with Gasteiger partial charge in [-0.1, -0.05) is 0 Å². The van der Waals surface area contributed by atoms with Crippen LogP contribution in [-0.2, 0) is 3.07 Å². The van der Waals surface area contributed by atoms with Crippen molar-refractivity contribution in [2.45, 2.75) is 18.4 Å². The molecule has 10 heavy (non-hydrogen) atoms. The first-order valence-electron chi connectivity index (χ1n) is 2.99. The summed E-state index contributed by atoms with van der Waals surface area (Å²) in [6, 6.07) is -0.174. The summed E-state index contributed by atoms with van der Waals surface area (Å²) >= 11 is 1.70. The molecule has 0 aromatic carbocycles. The minimum atomic E-state index is -2.53. The molecule has 0 bridgehead atoms. The van der Waals surface area contributed by atoms with E-state index in [1.807, 2.05) is 0 Å². The molecule has 0 aromatic rings. The molecule has 2 nitrogen and oxygen atoms in total. The Hall–Kier alpha value is 0.510. The minimum absolute atomic E-state index is 0.101. The van der Waals surface area contributed by atoms with Crippen molar-refractivity contribution in [1.29, 1.82) is 0 Å². The predicted octanol–water partition coefficient (Wildman–Crippen LogP) is 1.35. The van der Waals surface area contributed by atoms with Gasteiger partial charge in [0, 0.05) is 12.5 Å². The van der Waals surface area contributed by atoms with Crippen LogP contribution in [-0.4, -0.2) is 25.1 Å². The van der Waals surface area contributed by atoms with Crippen molar-refractivity contribution in [3.8, 4) is 0 Å². The van der Waals surface area contributed by atoms with Crippen molar-refractivity contribution in [1.82, 2.24) is 5.32 Å². The maximum Gasteiger partial charge on any atom is 0.261 e. The van der Waals surface area contributed by atoms with Crippen LogP contribution < -0.4 is 5.32 Å². The van der Waals surface area contributed by atoms with E-state index in [9.17, 15) is 8.78 Å². The lowest BCUT2D eigenvalue weighted by Gasteiger charge is -2.06. The van der Waals surface area contributed by atoms with Crippen LogP contribution in [0.5, 0.6) is 0 Å². The summed E-state index contributed by atoms with van der Waals surface area (Å²) < 4.78 is 29.5. The van der Waals surface area contributed by atoms with Crippen LogP contribution in [0.15, 0.2) is 0 Å². The van der Waals surface area contributed by atoms with Gasteiger partial charge in [-0.3, -0.25) is 0 Å². The molecule has 60 valence electrons. The Bertz CT molecular complexity index is 122. The van der Waals surface area contributed by atoms with E-state index in [1.54, 1.807) is 23.0 Å². The second kappa shape index (κ2) is 3.27. The SMILES string of the molecule is FC1(F)CN[C@H](COI)C1. The Labute approximate surface area is 72.0 Å². The molecule has 0 unspecified atom stereocenters. The van der Waals surface area contributed by atoms with Crippen molar-refractivity contribution in [3.63, 3.8) is 0 Å². The number of alkyl halides is 2. The van der Waals surface area contributed by atoms with Gasteiger partial charge in [0.15, 0.2) is 0 Å². The van der Waals surface area contributed by atoms with E-state index in [4.69, 9.17) is 3.07 Å². The smallest absolute Gasteiger partial charge is 0.261 e. The Balaban J connectivity index is 2.29. The van der Waals surface area contributed by atoms with Gasteiger partial charge in [0.1, 0.15) is 23.0 Å². The number of hydrogen-bond acceptors (Lipinski definition) is 2. The highest BCUT2D eigenvalue weighted by atomic mass is 127. The summed E-state index contributed by atoms with van der Waals surface area (Å²) in [6.07, 6.45) is -0.101. The van der Waals surface area contributed by atoms with Gasteiger partial charge in [-0.05, 0) is 0 Å². The molecular weight excluding hydrogens is 255 g/mol. The van der Waals surface area contributed by atoms with Gasteiger partial charge in [0.2, 0.25) is 0 Å². The summed E-state index contributed by atoms with van der Waals surface area (Å²) in [7, 11) is 0. The fourth-order valence-electron chi connectivity index (χ4n) is 0.992. The molecule has 1 aliphatic rings. The average molecular weight is 263 g/mol. The summed E-state index contributed by atoms with van der Waals surface area (Å²) in [5.74, 6) is -2.53. The molecule has 0 radical (unpaired) electrons. The van der Waals surface area contributed by atoms with Crippen molar-refractivity contribution in [2.24, 2.45) is 0 Å².